The van der Waals surface area contributed by atoms with Crippen molar-refractivity contribution in [3.8, 4) is 0 Å². The molecule has 0 radical (unpaired) electrons. The summed E-state index contributed by atoms with van der Waals surface area (Å²) in [6.07, 6.45) is 4.50. The van der Waals surface area contributed by atoms with Crippen LogP contribution in [0.5, 0.6) is 0 Å². The minimum absolute atomic E-state index is 0.0144. The van der Waals surface area contributed by atoms with Crippen LogP contribution in [0.4, 0.5) is 4.39 Å². The minimum Gasteiger partial charge on any atom is -0.318 e. The van der Waals surface area contributed by atoms with E-state index in [-0.39, 0.29) is 11.9 Å². The fraction of sp³-hybridized carbons (Fsp3) is 0.250. The van der Waals surface area contributed by atoms with Crippen LogP contribution in [-0.4, -0.2) is 12.7 Å². The highest BCUT2D eigenvalue weighted by molar-refractivity contribution is 5.36. The Kier molecular flexibility index (Phi) is 2.57. The molecule has 2 nitrogen and oxygen atoms in total. The summed E-state index contributed by atoms with van der Waals surface area (Å²) in [5.74, 6) is -0.259. The van der Waals surface area contributed by atoms with Crippen molar-refractivity contribution in [2.24, 2.45) is 5.73 Å². The number of hydrogen-bond acceptors (Lipinski definition) is 2. The van der Waals surface area contributed by atoms with Gasteiger partial charge in [0, 0.05) is 6.67 Å². The zero-order valence-corrected chi connectivity index (χ0v) is 6.18. The van der Waals surface area contributed by atoms with E-state index in [1.165, 1.54) is 12.2 Å². The Morgan fingerprint density at radius 3 is 3.00 bits per heavy atom. The van der Waals surface area contributed by atoms with E-state index in [0.717, 1.165) is 0 Å². The maximum Gasteiger partial charge on any atom is 0.123 e. The predicted octanol–water partition coefficient (Wildman–Crippen LogP) is 0.840. The molecule has 0 bridgehead atoms. The van der Waals surface area contributed by atoms with Crippen molar-refractivity contribution in [1.29, 1.82) is 0 Å². The molecule has 0 fully saturated rings. The number of hydrogen-bond donors (Lipinski definition) is 2. The fourth-order valence-corrected chi connectivity index (χ4v) is 0.953. The molecule has 0 spiro atoms. The topological polar surface area (TPSA) is 38.0 Å². The van der Waals surface area contributed by atoms with E-state index in [2.05, 4.69) is 11.9 Å². The Morgan fingerprint density at radius 1 is 1.73 bits per heavy atom. The quantitative estimate of drug-likeness (QED) is 0.578. The lowest BCUT2D eigenvalue weighted by molar-refractivity contribution is 0.631. The standard InChI is InChI=1S/C8H11FN2/c1-6-4-7(9)2-3-8(6)11-5-10/h2-4,8,11H,1,5,10H2. The predicted molar refractivity (Wildman–Crippen MR) is 43.4 cm³/mol. The maximum absolute atomic E-state index is 12.5. The zero-order chi connectivity index (χ0) is 8.27. The summed E-state index contributed by atoms with van der Waals surface area (Å²) < 4.78 is 12.5. The first-order valence-electron chi connectivity index (χ1n) is 3.41. The maximum atomic E-state index is 12.5. The normalized spacial score (nSPS) is 23.6. The van der Waals surface area contributed by atoms with Gasteiger partial charge in [-0.05, 0) is 17.7 Å². The summed E-state index contributed by atoms with van der Waals surface area (Å²) in [4.78, 5) is 0. The smallest absolute Gasteiger partial charge is 0.123 e. The molecule has 0 aromatic carbocycles. The van der Waals surface area contributed by atoms with E-state index in [4.69, 9.17) is 5.73 Å². The SMILES string of the molecule is C=C1C=C(F)C=CC1NCN. The van der Waals surface area contributed by atoms with Gasteiger partial charge < -0.3 is 5.73 Å². The number of rotatable bonds is 2. The van der Waals surface area contributed by atoms with E-state index >= 15 is 0 Å². The Balaban J connectivity index is 2.62. The number of halogens is 1. The summed E-state index contributed by atoms with van der Waals surface area (Å²) in [6, 6.07) is -0.0144. The van der Waals surface area contributed by atoms with Crippen LogP contribution >= 0.6 is 0 Å². The molecule has 1 aliphatic carbocycles. The van der Waals surface area contributed by atoms with Gasteiger partial charge in [0.25, 0.3) is 0 Å². The van der Waals surface area contributed by atoms with Crippen molar-refractivity contribution in [3.05, 3.63) is 36.2 Å². The molecule has 0 saturated carbocycles. The van der Waals surface area contributed by atoms with Gasteiger partial charge in [0.1, 0.15) is 5.83 Å². The van der Waals surface area contributed by atoms with E-state index in [0.29, 0.717) is 12.2 Å². The zero-order valence-electron chi connectivity index (χ0n) is 6.18. The van der Waals surface area contributed by atoms with Gasteiger partial charge >= 0.3 is 0 Å². The van der Waals surface area contributed by atoms with Crippen LogP contribution in [0.3, 0.4) is 0 Å². The minimum atomic E-state index is -0.259. The second kappa shape index (κ2) is 3.46. The summed E-state index contributed by atoms with van der Waals surface area (Å²) in [5.41, 5.74) is 5.96. The monoisotopic (exact) mass is 154 g/mol. The van der Waals surface area contributed by atoms with Crippen LogP contribution < -0.4 is 11.1 Å². The van der Waals surface area contributed by atoms with Gasteiger partial charge in [0.2, 0.25) is 0 Å². The van der Waals surface area contributed by atoms with Crippen LogP contribution in [0.15, 0.2) is 36.2 Å². The summed E-state index contributed by atoms with van der Waals surface area (Å²) in [5, 5.41) is 2.93. The molecule has 3 N–H and O–H groups in total. The van der Waals surface area contributed by atoms with E-state index in [9.17, 15) is 4.39 Å². The Hall–Kier alpha value is -0.930. The van der Waals surface area contributed by atoms with Crippen LogP contribution in [0.25, 0.3) is 0 Å². The van der Waals surface area contributed by atoms with E-state index < -0.39 is 0 Å². The molecule has 1 unspecified atom stereocenters. The lowest BCUT2D eigenvalue weighted by atomic mass is 10.0. The highest BCUT2D eigenvalue weighted by atomic mass is 19.1. The number of nitrogens with two attached hydrogens (primary N) is 1. The summed E-state index contributed by atoms with van der Waals surface area (Å²) in [6.45, 7) is 4.04. The van der Waals surface area contributed by atoms with Gasteiger partial charge in [0.15, 0.2) is 0 Å². The van der Waals surface area contributed by atoms with Crippen molar-refractivity contribution >= 4 is 0 Å². The Morgan fingerprint density at radius 2 is 2.45 bits per heavy atom. The average Bonchev–Trinajstić information content (AvgIpc) is 1.95. The third-order valence-corrected chi connectivity index (χ3v) is 1.51. The summed E-state index contributed by atoms with van der Waals surface area (Å²) >= 11 is 0. The number of nitrogens with one attached hydrogen (secondary N) is 1. The first-order valence-corrected chi connectivity index (χ1v) is 3.41. The average molecular weight is 154 g/mol. The van der Waals surface area contributed by atoms with Crippen molar-refractivity contribution in [2.45, 2.75) is 6.04 Å². The molecular formula is C8H11FN2. The molecule has 1 aliphatic rings. The molecule has 1 rings (SSSR count). The largest absolute Gasteiger partial charge is 0.318 e. The first-order chi connectivity index (χ1) is 5.24. The second-order valence-corrected chi connectivity index (χ2v) is 2.35. The van der Waals surface area contributed by atoms with Gasteiger partial charge in [-0.1, -0.05) is 12.7 Å². The van der Waals surface area contributed by atoms with Crippen LogP contribution in [0, 0.1) is 0 Å². The van der Waals surface area contributed by atoms with E-state index in [1.54, 1.807) is 6.08 Å². The number of allylic oxidation sites excluding steroid dienone is 2. The van der Waals surface area contributed by atoms with Gasteiger partial charge in [-0.2, -0.15) is 0 Å². The molecule has 11 heavy (non-hydrogen) atoms. The van der Waals surface area contributed by atoms with Gasteiger partial charge in [-0.15, -0.1) is 0 Å². The summed E-state index contributed by atoms with van der Waals surface area (Å²) in [7, 11) is 0. The first kappa shape index (κ1) is 8.17. The van der Waals surface area contributed by atoms with Crippen LogP contribution in [0.1, 0.15) is 0 Å². The lowest BCUT2D eigenvalue weighted by Gasteiger charge is -2.16. The highest BCUT2D eigenvalue weighted by Crippen LogP contribution is 2.14. The molecule has 0 amide bonds. The molecule has 0 aromatic heterocycles. The third-order valence-electron chi connectivity index (χ3n) is 1.51. The highest BCUT2D eigenvalue weighted by Gasteiger charge is 2.10. The second-order valence-electron chi connectivity index (χ2n) is 2.35. The lowest BCUT2D eigenvalue weighted by Crippen LogP contribution is -2.34. The van der Waals surface area contributed by atoms with E-state index in [1.807, 2.05) is 0 Å². The van der Waals surface area contributed by atoms with Crippen molar-refractivity contribution in [2.75, 3.05) is 6.67 Å². The Bertz CT molecular complexity index is 218. The molecule has 1 atom stereocenters. The fourth-order valence-electron chi connectivity index (χ4n) is 0.953. The molecule has 60 valence electrons. The molecular weight excluding hydrogens is 143 g/mol. The van der Waals surface area contributed by atoms with Crippen molar-refractivity contribution in [1.82, 2.24) is 5.32 Å². The van der Waals surface area contributed by atoms with Crippen molar-refractivity contribution in [3.63, 3.8) is 0 Å². The molecule has 0 heterocycles. The van der Waals surface area contributed by atoms with Crippen molar-refractivity contribution < 1.29 is 4.39 Å². The molecule has 0 saturated heterocycles. The molecule has 0 aromatic rings. The van der Waals surface area contributed by atoms with Crippen LogP contribution in [0.2, 0.25) is 0 Å². The molecule has 0 aliphatic heterocycles. The van der Waals surface area contributed by atoms with Gasteiger partial charge in [-0.25, -0.2) is 4.39 Å². The van der Waals surface area contributed by atoms with Gasteiger partial charge in [0.05, 0.1) is 6.04 Å². The van der Waals surface area contributed by atoms with Crippen LogP contribution in [-0.2, 0) is 0 Å². The molecule has 3 heteroatoms. The Labute approximate surface area is 65.3 Å². The third kappa shape index (κ3) is 2.00. The van der Waals surface area contributed by atoms with Gasteiger partial charge in [-0.3, -0.25) is 5.32 Å².